The number of aromatic nitrogens is 3. The number of amides is 1. The van der Waals surface area contributed by atoms with Crippen LogP contribution in [0.5, 0.6) is 0 Å². The number of fused-ring (bicyclic) bond motifs is 2. The molecule has 28 heavy (non-hydrogen) atoms. The van der Waals surface area contributed by atoms with Gasteiger partial charge in [-0.1, -0.05) is 35.5 Å². The van der Waals surface area contributed by atoms with Crippen LogP contribution in [-0.4, -0.2) is 27.1 Å². The Kier molecular flexibility index (Phi) is 4.62. The molecule has 0 aliphatic carbocycles. The molecule has 8 heteroatoms. The summed E-state index contributed by atoms with van der Waals surface area (Å²) in [6.45, 7) is 0.838. The van der Waals surface area contributed by atoms with Crippen molar-refractivity contribution in [2.24, 2.45) is 0 Å². The molecule has 5 nitrogen and oxygen atoms in total. The first-order chi connectivity index (χ1) is 13.4. The number of carbonyl (C=O) groups is 1. The average Bonchev–Trinajstić information content (AvgIpc) is 3.05. The van der Waals surface area contributed by atoms with Crippen LogP contribution in [0.15, 0.2) is 54.7 Å². The minimum absolute atomic E-state index is 0.102. The van der Waals surface area contributed by atoms with Crippen molar-refractivity contribution >= 4 is 11.6 Å². The molecule has 4 rings (SSSR count). The maximum atomic E-state index is 13.2. The van der Waals surface area contributed by atoms with Gasteiger partial charge < -0.3 is 4.90 Å². The van der Waals surface area contributed by atoms with Gasteiger partial charge in [-0.2, -0.15) is 13.2 Å². The van der Waals surface area contributed by atoms with E-state index in [4.69, 9.17) is 0 Å². The van der Waals surface area contributed by atoms with Crippen molar-refractivity contribution in [2.45, 2.75) is 32.1 Å². The van der Waals surface area contributed by atoms with Gasteiger partial charge in [-0.3, -0.25) is 4.79 Å². The molecule has 144 valence electrons. The molecule has 0 saturated carbocycles. The van der Waals surface area contributed by atoms with E-state index in [2.05, 4.69) is 10.3 Å². The van der Waals surface area contributed by atoms with Crippen LogP contribution in [0.2, 0.25) is 0 Å². The van der Waals surface area contributed by atoms with Crippen molar-refractivity contribution in [1.29, 1.82) is 0 Å². The van der Waals surface area contributed by atoms with Crippen LogP contribution in [0.3, 0.4) is 0 Å². The van der Waals surface area contributed by atoms with E-state index >= 15 is 0 Å². The molecule has 1 aromatic heterocycles. The molecule has 2 heterocycles. The Balaban J connectivity index is 1.60. The van der Waals surface area contributed by atoms with Crippen LogP contribution in [0, 0.1) is 0 Å². The van der Waals surface area contributed by atoms with Crippen LogP contribution >= 0.6 is 0 Å². The monoisotopic (exact) mass is 386 g/mol. The van der Waals surface area contributed by atoms with Crippen LogP contribution in [-0.2, 0) is 19.5 Å². The van der Waals surface area contributed by atoms with Gasteiger partial charge in [0.1, 0.15) is 0 Å². The summed E-state index contributed by atoms with van der Waals surface area (Å²) in [7, 11) is 0. The lowest BCUT2D eigenvalue weighted by atomic mass is 10.1. The summed E-state index contributed by atoms with van der Waals surface area (Å²) in [4.78, 5) is 14.8. The Labute approximate surface area is 159 Å². The third kappa shape index (κ3) is 3.76. The van der Waals surface area contributed by atoms with Crippen molar-refractivity contribution in [3.05, 3.63) is 77.1 Å². The number of hydrogen-bond acceptors (Lipinski definition) is 3. The highest BCUT2D eigenvalue weighted by Crippen LogP contribution is 2.28. The van der Waals surface area contributed by atoms with E-state index < -0.39 is 12.6 Å². The number of alkyl halides is 3. The Hall–Kier alpha value is -3.16. The predicted octanol–water partition coefficient (Wildman–Crippen LogP) is 3.98. The number of anilines is 1. The molecule has 0 saturated heterocycles. The fraction of sp³-hybridized carbons (Fsp3) is 0.250. The molecule has 0 bridgehead atoms. The zero-order valence-corrected chi connectivity index (χ0v) is 14.9. The van der Waals surface area contributed by atoms with E-state index in [1.165, 1.54) is 0 Å². The Morgan fingerprint density at radius 2 is 1.79 bits per heavy atom. The molecule has 2 aromatic carbocycles. The molecule has 1 aliphatic rings. The maximum Gasteiger partial charge on any atom is 0.389 e. The molecule has 1 aliphatic heterocycles. The van der Waals surface area contributed by atoms with Gasteiger partial charge in [0.2, 0.25) is 0 Å². The Bertz CT molecular complexity index is 995. The second-order valence-electron chi connectivity index (χ2n) is 6.72. The minimum Gasteiger partial charge on any atom is -0.302 e. The molecular formula is C20H17F3N4O. The third-order valence-corrected chi connectivity index (χ3v) is 4.76. The summed E-state index contributed by atoms with van der Waals surface area (Å²) >= 11 is 0. The molecule has 0 radical (unpaired) electrons. The summed E-state index contributed by atoms with van der Waals surface area (Å²) < 4.78 is 38.9. The smallest absolute Gasteiger partial charge is 0.302 e. The molecular weight excluding hydrogens is 369 g/mol. The largest absolute Gasteiger partial charge is 0.389 e. The second kappa shape index (κ2) is 7.10. The van der Waals surface area contributed by atoms with Gasteiger partial charge in [-0.25, -0.2) is 4.68 Å². The number of para-hydroxylation sites is 1. The fourth-order valence-electron chi connectivity index (χ4n) is 3.29. The number of halogens is 3. The zero-order chi connectivity index (χ0) is 19.7. The van der Waals surface area contributed by atoms with E-state index in [1.807, 2.05) is 24.3 Å². The summed E-state index contributed by atoms with van der Waals surface area (Å²) in [6.07, 6.45) is -3.54. The maximum absolute atomic E-state index is 13.2. The van der Waals surface area contributed by atoms with Crippen LogP contribution in [0.1, 0.15) is 33.6 Å². The molecule has 0 atom stereocenters. The SMILES string of the molecule is O=C(c1ccc(CCC(F)(F)F)cc1)N1Cc2cnnn2Cc2ccccc21. The van der Waals surface area contributed by atoms with Crippen molar-refractivity contribution in [1.82, 2.24) is 15.0 Å². The zero-order valence-electron chi connectivity index (χ0n) is 14.9. The summed E-state index contributed by atoms with van der Waals surface area (Å²) in [5.74, 6) is -0.218. The first-order valence-corrected chi connectivity index (χ1v) is 8.83. The van der Waals surface area contributed by atoms with E-state index in [-0.39, 0.29) is 12.3 Å². The topological polar surface area (TPSA) is 51.0 Å². The molecule has 1 amide bonds. The van der Waals surface area contributed by atoms with Gasteiger partial charge in [-0.05, 0) is 35.7 Å². The van der Waals surface area contributed by atoms with E-state index in [0.29, 0.717) is 24.2 Å². The lowest BCUT2D eigenvalue weighted by molar-refractivity contribution is -0.134. The van der Waals surface area contributed by atoms with Gasteiger partial charge in [0.25, 0.3) is 5.91 Å². The molecule has 0 spiro atoms. The molecule has 0 unspecified atom stereocenters. The minimum atomic E-state index is -4.19. The van der Waals surface area contributed by atoms with Gasteiger partial charge in [0.05, 0.1) is 25.0 Å². The standard InChI is InChI=1S/C20H17F3N4O/c21-20(22,23)10-9-14-5-7-15(8-6-14)19(28)26-13-17-11-24-25-27(17)12-16-3-1-2-4-18(16)26/h1-8,11H,9-10,12-13H2. The van der Waals surface area contributed by atoms with Crippen molar-refractivity contribution in [3.63, 3.8) is 0 Å². The number of benzene rings is 2. The number of hydrogen-bond donors (Lipinski definition) is 0. The quantitative estimate of drug-likeness (QED) is 0.684. The third-order valence-electron chi connectivity index (χ3n) is 4.76. The van der Waals surface area contributed by atoms with Crippen LogP contribution in [0.25, 0.3) is 0 Å². The predicted molar refractivity (Wildman–Crippen MR) is 96.9 cm³/mol. The Morgan fingerprint density at radius 3 is 2.54 bits per heavy atom. The summed E-state index contributed by atoms with van der Waals surface area (Å²) in [5, 5.41) is 7.99. The highest BCUT2D eigenvalue weighted by atomic mass is 19.4. The first-order valence-electron chi connectivity index (χ1n) is 8.83. The van der Waals surface area contributed by atoms with Crippen molar-refractivity contribution in [2.75, 3.05) is 4.90 Å². The van der Waals surface area contributed by atoms with E-state index in [1.54, 1.807) is 40.0 Å². The lowest BCUT2D eigenvalue weighted by Gasteiger charge is -2.22. The van der Waals surface area contributed by atoms with E-state index in [9.17, 15) is 18.0 Å². The number of nitrogens with zero attached hydrogens (tertiary/aromatic N) is 4. The van der Waals surface area contributed by atoms with Crippen molar-refractivity contribution in [3.8, 4) is 0 Å². The highest BCUT2D eigenvalue weighted by Gasteiger charge is 2.27. The second-order valence-corrected chi connectivity index (χ2v) is 6.72. The average molecular weight is 386 g/mol. The molecule has 0 N–H and O–H groups in total. The number of aryl methyl sites for hydroxylation is 1. The number of rotatable bonds is 3. The van der Waals surface area contributed by atoms with Crippen molar-refractivity contribution < 1.29 is 18.0 Å². The van der Waals surface area contributed by atoms with Gasteiger partial charge in [0.15, 0.2) is 0 Å². The fourth-order valence-corrected chi connectivity index (χ4v) is 3.29. The highest BCUT2D eigenvalue weighted by molar-refractivity contribution is 6.06. The van der Waals surface area contributed by atoms with Crippen LogP contribution in [0.4, 0.5) is 18.9 Å². The Morgan fingerprint density at radius 1 is 1.04 bits per heavy atom. The first kappa shape index (κ1) is 18.2. The lowest BCUT2D eigenvalue weighted by Crippen LogP contribution is -2.30. The summed E-state index contributed by atoms with van der Waals surface area (Å²) in [5.41, 5.74) is 3.52. The molecule has 0 fully saturated rings. The summed E-state index contributed by atoms with van der Waals surface area (Å²) in [6, 6.07) is 13.9. The van der Waals surface area contributed by atoms with E-state index in [0.717, 1.165) is 16.9 Å². The van der Waals surface area contributed by atoms with Gasteiger partial charge in [-0.15, -0.1) is 5.10 Å². The van der Waals surface area contributed by atoms with Gasteiger partial charge in [0, 0.05) is 17.7 Å². The van der Waals surface area contributed by atoms with Gasteiger partial charge >= 0.3 is 6.18 Å². The van der Waals surface area contributed by atoms with Crippen LogP contribution < -0.4 is 4.90 Å². The number of carbonyl (C=O) groups excluding carboxylic acids is 1. The normalized spacial score (nSPS) is 13.6. The molecule has 3 aromatic rings.